The molecule has 1 unspecified atom stereocenters. The van der Waals surface area contributed by atoms with Gasteiger partial charge in [0.25, 0.3) is 11.7 Å². The fraction of sp³-hybridized carbons (Fsp3) is 0.233. The third kappa shape index (κ3) is 4.98. The van der Waals surface area contributed by atoms with Gasteiger partial charge in [-0.3, -0.25) is 14.5 Å². The van der Waals surface area contributed by atoms with E-state index < -0.39 is 23.7 Å². The number of carbonyl (C=O) groups is 3. The number of anilines is 1. The van der Waals surface area contributed by atoms with Gasteiger partial charge in [0.1, 0.15) is 17.3 Å². The minimum absolute atomic E-state index is 0.0756. The molecule has 0 saturated carbocycles. The Morgan fingerprint density at radius 2 is 1.74 bits per heavy atom. The van der Waals surface area contributed by atoms with Gasteiger partial charge in [-0.15, -0.1) is 0 Å². The lowest BCUT2D eigenvalue weighted by molar-refractivity contribution is -0.132. The molecule has 1 atom stereocenters. The Bertz CT molecular complexity index is 1430. The fourth-order valence-corrected chi connectivity index (χ4v) is 4.45. The van der Waals surface area contributed by atoms with Gasteiger partial charge in [0, 0.05) is 11.3 Å². The maximum Gasteiger partial charge on any atom is 0.337 e. The summed E-state index contributed by atoms with van der Waals surface area (Å²) in [5, 5.41) is 11.4. The van der Waals surface area contributed by atoms with Crippen molar-refractivity contribution in [3.8, 4) is 11.5 Å². The molecule has 0 aromatic heterocycles. The molecule has 3 aromatic carbocycles. The summed E-state index contributed by atoms with van der Waals surface area (Å²) < 4.78 is 15.9. The van der Waals surface area contributed by atoms with E-state index in [1.165, 1.54) is 25.2 Å². The molecule has 3 aromatic rings. The van der Waals surface area contributed by atoms with Crippen molar-refractivity contribution in [1.29, 1.82) is 0 Å². The number of rotatable bonds is 8. The van der Waals surface area contributed by atoms with E-state index >= 15 is 0 Å². The topological polar surface area (TPSA) is 102 Å². The van der Waals surface area contributed by atoms with Crippen molar-refractivity contribution in [3.63, 3.8) is 0 Å². The molecule has 0 bridgehead atoms. The first kappa shape index (κ1) is 26.5. The molecule has 8 heteroatoms. The molecule has 1 amide bonds. The lowest BCUT2D eigenvalue weighted by Gasteiger charge is -2.26. The van der Waals surface area contributed by atoms with E-state index in [1.54, 1.807) is 60.7 Å². The van der Waals surface area contributed by atoms with Crippen LogP contribution in [0.2, 0.25) is 0 Å². The van der Waals surface area contributed by atoms with Gasteiger partial charge in [-0.1, -0.05) is 25.1 Å². The first-order chi connectivity index (χ1) is 18.3. The number of amides is 1. The number of nitrogens with zero attached hydrogens (tertiary/aromatic N) is 1. The lowest BCUT2D eigenvalue weighted by Crippen LogP contribution is -2.29. The standard InChI is InChI=1S/C30H29NO7/c1-5-14-38-24-13-12-20(15-18(24)2)27(32)25-26(19-8-7-11-23(17-19)36-3)31(29(34)28(25)33)22-10-6-9-21(16-22)30(35)37-4/h6-13,15-17,26,32H,5,14H2,1-4H3/b27-25+. The molecule has 0 aliphatic carbocycles. The van der Waals surface area contributed by atoms with Gasteiger partial charge >= 0.3 is 5.97 Å². The molecule has 0 radical (unpaired) electrons. The summed E-state index contributed by atoms with van der Waals surface area (Å²) in [6.07, 6.45) is 0.850. The Labute approximate surface area is 221 Å². The summed E-state index contributed by atoms with van der Waals surface area (Å²) in [6, 6.07) is 17.3. The molecule has 1 aliphatic heterocycles. The molecule has 38 heavy (non-hydrogen) atoms. The SMILES string of the molecule is CCCOc1ccc(/C(O)=C2\C(=O)C(=O)N(c3cccc(C(=O)OC)c3)C2c2cccc(OC)c2)cc1C. The van der Waals surface area contributed by atoms with Crippen LogP contribution in [0.25, 0.3) is 5.76 Å². The first-order valence-corrected chi connectivity index (χ1v) is 12.2. The Balaban J connectivity index is 1.90. The van der Waals surface area contributed by atoms with Crippen molar-refractivity contribution < 1.29 is 33.7 Å². The maximum absolute atomic E-state index is 13.5. The predicted octanol–water partition coefficient (Wildman–Crippen LogP) is 5.21. The number of carbonyl (C=O) groups excluding carboxylic acids is 3. The van der Waals surface area contributed by atoms with Crippen LogP contribution in [0.1, 0.15) is 46.4 Å². The van der Waals surface area contributed by atoms with Crippen LogP contribution >= 0.6 is 0 Å². The lowest BCUT2D eigenvalue weighted by atomic mass is 9.94. The van der Waals surface area contributed by atoms with Crippen LogP contribution in [0.4, 0.5) is 5.69 Å². The van der Waals surface area contributed by atoms with Gasteiger partial charge in [0.05, 0.1) is 38.0 Å². The second-order valence-corrected chi connectivity index (χ2v) is 8.82. The molecule has 1 fully saturated rings. The minimum atomic E-state index is -0.977. The number of aliphatic hydroxyl groups is 1. The van der Waals surface area contributed by atoms with Crippen molar-refractivity contribution in [3.05, 3.63) is 94.6 Å². The van der Waals surface area contributed by atoms with E-state index in [4.69, 9.17) is 14.2 Å². The van der Waals surface area contributed by atoms with E-state index in [2.05, 4.69) is 0 Å². The average molecular weight is 516 g/mol. The number of methoxy groups -OCH3 is 2. The Morgan fingerprint density at radius 1 is 0.974 bits per heavy atom. The monoisotopic (exact) mass is 515 g/mol. The van der Waals surface area contributed by atoms with Gasteiger partial charge in [-0.2, -0.15) is 0 Å². The number of ether oxygens (including phenoxy) is 3. The zero-order valence-corrected chi connectivity index (χ0v) is 21.7. The van der Waals surface area contributed by atoms with Crippen molar-refractivity contribution in [2.75, 3.05) is 25.7 Å². The van der Waals surface area contributed by atoms with Gasteiger partial charge in [0.2, 0.25) is 0 Å². The summed E-state index contributed by atoms with van der Waals surface area (Å²) >= 11 is 0. The molecule has 1 N–H and O–H groups in total. The average Bonchev–Trinajstić information content (AvgIpc) is 3.21. The van der Waals surface area contributed by atoms with Crippen LogP contribution in [0.15, 0.2) is 72.3 Å². The number of aliphatic hydroxyl groups excluding tert-OH is 1. The zero-order valence-electron chi connectivity index (χ0n) is 21.7. The molecule has 8 nitrogen and oxygen atoms in total. The summed E-state index contributed by atoms with van der Waals surface area (Å²) in [7, 11) is 2.78. The van der Waals surface area contributed by atoms with E-state index in [-0.39, 0.29) is 16.9 Å². The number of hydrogen-bond acceptors (Lipinski definition) is 7. The largest absolute Gasteiger partial charge is 0.507 e. The second-order valence-electron chi connectivity index (χ2n) is 8.82. The van der Waals surface area contributed by atoms with Crippen LogP contribution in [-0.2, 0) is 14.3 Å². The van der Waals surface area contributed by atoms with E-state index in [1.807, 2.05) is 13.8 Å². The maximum atomic E-state index is 13.5. The summed E-state index contributed by atoms with van der Waals surface area (Å²) in [5.41, 5.74) is 2.15. The third-order valence-electron chi connectivity index (χ3n) is 6.31. The molecule has 196 valence electrons. The van der Waals surface area contributed by atoms with E-state index in [0.717, 1.165) is 12.0 Å². The van der Waals surface area contributed by atoms with Gasteiger partial charge in [-0.25, -0.2) is 4.79 Å². The number of esters is 1. The first-order valence-electron chi connectivity index (χ1n) is 12.2. The number of aryl methyl sites for hydroxylation is 1. The van der Waals surface area contributed by atoms with Gasteiger partial charge in [0.15, 0.2) is 0 Å². The van der Waals surface area contributed by atoms with E-state index in [9.17, 15) is 19.5 Å². The number of hydrogen-bond donors (Lipinski definition) is 1. The number of Topliss-reactive ketones (excluding diaryl/α,β-unsaturated/α-hetero) is 1. The predicted molar refractivity (Wildman–Crippen MR) is 143 cm³/mol. The second kappa shape index (κ2) is 11.2. The number of ketones is 1. The van der Waals surface area contributed by atoms with Gasteiger partial charge < -0.3 is 19.3 Å². The van der Waals surface area contributed by atoms with Crippen LogP contribution in [0.3, 0.4) is 0 Å². The van der Waals surface area contributed by atoms with Gasteiger partial charge in [-0.05, 0) is 73.0 Å². The molecular weight excluding hydrogens is 486 g/mol. The minimum Gasteiger partial charge on any atom is -0.507 e. The molecule has 1 aliphatic rings. The van der Waals surface area contributed by atoms with E-state index in [0.29, 0.717) is 34.9 Å². The highest BCUT2D eigenvalue weighted by atomic mass is 16.5. The Hall–Kier alpha value is -4.59. The molecule has 1 heterocycles. The van der Waals surface area contributed by atoms with Crippen LogP contribution in [0.5, 0.6) is 11.5 Å². The highest BCUT2D eigenvalue weighted by molar-refractivity contribution is 6.51. The third-order valence-corrected chi connectivity index (χ3v) is 6.31. The Morgan fingerprint density at radius 3 is 2.42 bits per heavy atom. The van der Waals surface area contributed by atoms with Crippen molar-refractivity contribution in [2.45, 2.75) is 26.3 Å². The highest BCUT2D eigenvalue weighted by Crippen LogP contribution is 2.43. The number of benzene rings is 3. The fourth-order valence-electron chi connectivity index (χ4n) is 4.45. The zero-order chi connectivity index (χ0) is 27.4. The van der Waals surface area contributed by atoms with Crippen LogP contribution in [0, 0.1) is 6.92 Å². The normalized spacial score (nSPS) is 16.4. The van der Waals surface area contributed by atoms with Crippen LogP contribution < -0.4 is 14.4 Å². The molecule has 0 spiro atoms. The van der Waals surface area contributed by atoms with Crippen molar-refractivity contribution in [2.24, 2.45) is 0 Å². The molecular formula is C30H29NO7. The molecule has 1 saturated heterocycles. The van der Waals surface area contributed by atoms with Crippen molar-refractivity contribution in [1.82, 2.24) is 0 Å². The van der Waals surface area contributed by atoms with Crippen LogP contribution in [-0.4, -0.2) is 43.6 Å². The van der Waals surface area contributed by atoms with Crippen molar-refractivity contribution >= 4 is 29.1 Å². The highest BCUT2D eigenvalue weighted by Gasteiger charge is 2.47. The summed E-state index contributed by atoms with van der Waals surface area (Å²) in [5.74, 6) is -1.38. The molecule has 4 rings (SSSR count). The Kier molecular flexibility index (Phi) is 7.81. The summed E-state index contributed by atoms with van der Waals surface area (Å²) in [6.45, 7) is 4.41. The summed E-state index contributed by atoms with van der Waals surface area (Å²) in [4.78, 5) is 40.4. The quantitative estimate of drug-likeness (QED) is 0.190. The smallest absolute Gasteiger partial charge is 0.337 e.